The first-order chi connectivity index (χ1) is 28.2. The number of aromatic nitrogens is 1. The third kappa shape index (κ3) is 4.99. The van der Waals surface area contributed by atoms with Gasteiger partial charge in [-0.1, -0.05) is 140 Å². The summed E-state index contributed by atoms with van der Waals surface area (Å²) in [7, 11) is 0. The van der Waals surface area contributed by atoms with Gasteiger partial charge >= 0.3 is 0 Å². The van der Waals surface area contributed by atoms with Crippen LogP contribution in [0.5, 0.6) is 0 Å². The van der Waals surface area contributed by atoms with Crippen LogP contribution in [0.15, 0.2) is 211 Å². The maximum Gasteiger partial charge on any atom is 0.136 e. The summed E-state index contributed by atoms with van der Waals surface area (Å²) in [6, 6.07) is 74.8. The molecular formula is C54H34N2O. The summed E-state index contributed by atoms with van der Waals surface area (Å²) in [6.45, 7) is 0. The molecule has 3 heteroatoms. The predicted molar refractivity (Wildman–Crippen MR) is 241 cm³/mol. The molecule has 3 nitrogen and oxygen atoms in total. The number of benzene rings is 10. The van der Waals surface area contributed by atoms with E-state index in [9.17, 15) is 0 Å². The normalized spacial score (nSPS) is 11.9. The Labute approximate surface area is 328 Å². The van der Waals surface area contributed by atoms with Crippen molar-refractivity contribution in [2.24, 2.45) is 0 Å². The molecule has 0 spiro atoms. The summed E-state index contributed by atoms with van der Waals surface area (Å²) in [5, 5.41) is 12.0. The maximum atomic E-state index is 6.29. The Morgan fingerprint density at radius 3 is 1.96 bits per heavy atom. The molecule has 0 aliphatic carbocycles. The fourth-order valence-electron chi connectivity index (χ4n) is 9.06. The lowest BCUT2D eigenvalue weighted by Crippen LogP contribution is -2.11. The van der Waals surface area contributed by atoms with E-state index in [0.717, 1.165) is 66.5 Å². The van der Waals surface area contributed by atoms with Crippen LogP contribution >= 0.6 is 0 Å². The van der Waals surface area contributed by atoms with Crippen molar-refractivity contribution in [3.63, 3.8) is 0 Å². The minimum absolute atomic E-state index is 0.905. The van der Waals surface area contributed by atoms with Gasteiger partial charge in [-0.3, -0.25) is 0 Å². The summed E-state index contributed by atoms with van der Waals surface area (Å²) < 4.78 is 8.75. The first kappa shape index (κ1) is 31.7. The monoisotopic (exact) mass is 726 g/mol. The zero-order chi connectivity index (χ0) is 37.5. The standard InChI is InChI=1S/C54H34N2O/c1-2-13-36(14-3-1)44-17-8-10-20-49(44)55(41-26-23-39-33-53-48(32-40(39)31-41)46-19-9-11-21-52(46)57-53)43-27-28-47-51(34-43)56(42-25-22-35-12-4-5-16-38(35)30-42)50-29-24-37-15-6-7-18-45(37)54(47)50/h1-34H. The van der Waals surface area contributed by atoms with Gasteiger partial charge in [-0.25, -0.2) is 0 Å². The average molecular weight is 727 g/mol. The molecule has 0 aliphatic rings. The molecule has 0 bridgehead atoms. The van der Waals surface area contributed by atoms with Gasteiger partial charge in [0.25, 0.3) is 0 Å². The number of fused-ring (bicyclic) bond motifs is 10. The number of anilines is 3. The van der Waals surface area contributed by atoms with Crippen molar-refractivity contribution >= 4 is 93.1 Å². The third-order valence-electron chi connectivity index (χ3n) is 11.7. The molecule has 57 heavy (non-hydrogen) atoms. The maximum absolute atomic E-state index is 6.29. The Hall–Kier alpha value is -7.62. The van der Waals surface area contributed by atoms with Crippen molar-refractivity contribution in [2.45, 2.75) is 0 Å². The number of furan rings is 1. The second kappa shape index (κ2) is 12.5. The molecule has 12 aromatic rings. The molecule has 0 N–H and O–H groups in total. The van der Waals surface area contributed by atoms with Gasteiger partial charge in [0.1, 0.15) is 11.2 Å². The van der Waals surface area contributed by atoms with Crippen LogP contribution in [-0.4, -0.2) is 4.57 Å². The first-order valence-electron chi connectivity index (χ1n) is 19.5. The minimum Gasteiger partial charge on any atom is -0.456 e. The smallest absolute Gasteiger partial charge is 0.136 e. The van der Waals surface area contributed by atoms with Gasteiger partial charge in [0.05, 0.1) is 16.7 Å². The van der Waals surface area contributed by atoms with Crippen LogP contribution in [0.25, 0.3) is 92.9 Å². The molecule has 2 aromatic heterocycles. The lowest BCUT2D eigenvalue weighted by atomic mass is 10.0. The minimum atomic E-state index is 0.905. The van der Waals surface area contributed by atoms with Gasteiger partial charge in [0.2, 0.25) is 0 Å². The van der Waals surface area contributed by atoms with Gasteiger partial charge in [-0.15, -0.1) is 0 Å². The van der Waals surface area contributed by atoms with E-state index in [2.05, 4.69) is 204 Å². The van der Waals surface area contributed by atoms with Crippen LogP contribution in [0.3, 0.4) is 0 Å². The number of hydrogen-bond acceptors (Lipinski definition) is 2. The van der Waals surface area contributed by atoms with Gasteiger partial charge in [-0.05, 0) is 105 Å². The zero-order valence-electron chi connectivity index (χ0n) is 30.9. The summed E-state index contributed by atoms with van der Waals surface area (Å²) in [6.07, 6.45) is 0. The van der Waals surface area contributed by atoms with E-state index in [0.29, 0.717) is 0 Å². The molecule has 0 saturated heterocycles. The Balaban J connectivity index is 1.15. The molecular weight excluding hydrogens is 693 g/mol. The SMILES string of the molecule is c1ccc(-c2ccccc2N(c2ccc3cc4oc5ccccc5c4cc3c2)c2ccc3c4c5ccccc5ccc4n(-c4ccc5ccccc5c4)c3c2)cc1. The fraction of sp³-hybridized carbons (Fsp3) is 0. The summed E-state index contributed by atoms with van der Waals surface area (Å²) in [5.74, 6) is 0. The molecule has 0 fully saturated rings. The molecule has 10 aromatic carbocycles. The molecule has 12 rings (SSSR count). The van der Waals surface area contributed by atoms with E-state index in [1.165, 1.54) is 43.4 Å². The van der Waals surface area contributed by atoms with E-state index in [1.807, 2.05) is 12.1 Å². The van der Waals surface area contributed by atoms with Crippen LogP contribution in [-0.2, 0) is 0 Å². The number of nitrogens with zero attached hydrogens (tertiary/aromatic N) is 2. The van der Waals surface area contributed by atoms with Gasteiger partial charge in [-0.2, -0.15) is 0 Å². The zero-order valence-corrected chi connectivity index (χ0v) is 30.9. The number of para-hydroxylation sites is 2. The van der Waals surface area contributed by atoms with Crippen molar-refractivity contribution < 1.29 is 4.42 Å². The highest BCUT2D eigenvalue weighted by atomic mass is 16.3. The van der Waals surface area contributed by atoms with Crippen LogP contribution in [0.2, 0.25) is 0 Å². The second-order valence-electron chi connectivity index (χ2n) is 14.9. The van der Waals surface area contributed by atoms with E-state index in [1.54, 1.807) is 0 Å². The largest absolute Gasteiger partial charge is 0.456 e. The van der Waals surface area contributed by atoms with Crippen LogP contribution in [0.1, 0.15) is 0 Å². The first-order valence-corrected chi connectivity index (χ1v) is 19.5. The Kier molecular flexibility index (Phi) is 6.93. The van der Waals surface area contributed by atoms with Crippen molar-refractivity contribution in [2.75, 3.05) is 4.90 Å². The summed E-state index contributed by atoms with van der Waals surface area (Å²) in [5.41, 5.74) is 10.9. The fourth-order valence-corrected chi connectivity index (χ4v) is 9.06. The summed E-state index contributed by atoms with van der Waals surface area (Å²) >= 11 is 0. The predicted octanol–water partition coefficient (Wildman–Crippen LogP) is 15.3. The molecule has 0 atom stereocenters. The van der Waals surface area contributed by atoms with Crippen molar-refractivity contribution in [3.05, 3.63) is 206 Å². The molecule has 0 saturated carbocycles. The molecule has 0 amide bonds. The second-order valence-corrected chi connectivity index (χ2v) is 14.9. The number of rotatable bonds is 5. The van der Waals surface area contributed by atoms with Gasteiger partial charge in [0.15, 0.2) is 0 Å². The lowest BCUT2D eigenvalue weighted by molar-refractivity contribution is 0.669. The average Bonchev–Trinajstić information content (AvgIpc) is 3.81. The Morgan fingerprint density at radius 2 is 1.05 bits per heavy atom. The molecule has 2 heterocycles. The highest BCUT2D eigenvalue weighted by molar-refractivity contribution is 6.22. The topological polar surface area (TPSA) is 21.3 Å². The van der Waals surface area contributed by atoms with Crippen LogP contribution in [0.4, 0.5) is 17.1 Å². The molecule has 0 aliphatic heterocycles. The van der Waals surface area contributed by atoms with Crippen molar-refractivity contribution in [3.8, 4) is 16.8 Å². The lowest BCUT2D eigenvalue weighted by Gasteiger charge is -2.28. The quantitative estimate of drug-likeness (QED) is 0.176. The summed E-state index contributed by atoms with van der Waals surface area (Å²) in [4.78, 5) is 2.43. The Bertz CT molecular complexity index is 3540. The van der Waals surface area contributed by atoms with E-state index >= 15 is 0 Å². The van der Waals surface area contributed by atoms with Crippen molar-refractivity contribution in [1.29, 1.82) is 0 Å². The molecule has 0 unspecified atom stereocenters. The van der Waals surface area contributed by atoms with Gasteiger partial charge < -0.3 is 13.9 Å². The Morgan fingerprint density at radius 1 is 0.368 bits per heavy atom. The van der Waals surface area contributed by atoms with Crippen molar-refractivity contribution in [1.82, 2.24) is 4.57 Å². The van der Waals surface area contributed by atoms with E-state index in [-0.39, 0.29) is 0 Å². The van der Waals surface area contributed by atoms with Crippen LogP contribution < -0.4 is 4.90 Å². The highest BCUT2D eigenvalue weighted by Crippen LogP contribution is 2.45. The highest BCUT2D eigenvalue weighted by Gasteiger charge is 2.22. The molecule has 266 valence electrons. The number of hydrogen-bond donors (Lipinski definition) is 0. The van der Waals surface area contributed by atoms with Crippen LogP contribution in [0, 0.1) is 0 Å². The third-order valence-corrected chi connectivity index (χ3v) is 11.7. The van der Waals surface area contributed by atoms with E-state index < -0.39 is 0 Å². The van der Waals surface area contributed by atoms with Gasteiger partial charge in [0, 0.05) is 44.2 Å². The van der Waals surface area contributed by atoms with E-state index in [4.69, 9.17) is 4.42 Å². The molecule has 0 radical (unpaired) electrons.